The van der Waals surface area contributed by atoms with Crippen LogP contribution in [-0.2, 0) is 11.4 Å². The van der Waals surface area contributed by atoms with E-state index in [4.69, 9.17) is 32.7 Å². The molecule has 2 aromatic carbocycles. The molecule has 2 aromatic rings. The maximum absolute atomic E-state index is 11.7. The number of imide groups is 1. The van der Waals surface area contributed by atoms with Gasteiger partial charge in [-0.1, -0.05) is 35.3 Å². The molecular formula is C19H15Cl2NO4S. The molecule has 1 heterocycles. The number of carbonyl (C=O) groups excluding carboxylic acids is 2. The molecule has 1 saturated heterocycles. The Labute approximate surface area is 170 Å². The quantitative estimate of drug-likeness (QED) is 0.638. The van der Waals surface area contributed by atoms with E-state index in [0.717, 1.165) is 22.9 Å². The van der Waals surface area contributed by atoms with Gasteiger partial charge in [0.2, 0.25) is 0 Å². The minimum atomic E-state index is -0.402. The summed E-state index contributed by atoms with van der Waals surface area (Å²) in [5.41, 5.74) is 1.52. The van der Waals surface area contributed by atoms with Gasteiger partial charge in [0.15, 0.2) is 11.5 Å². The first kappa shape index (κ1) is 19.6. The van der Waals surface area contributed by atoms with Gasteiger partial charge in [-0.2, -0.15) is 0 Å². The van der Waals surface area contributed by atoms with E-state index in [1.54, 1.807) is 42.5 Å². The average Bonchev–Trinajstić information content (AvgIpc) is 2.93. The Morgan fingerprint density at radius 1 is 1.07 bits per heavy atom. The molecule has 27 heavy (non-hydrogen) atoms. The molecule has 0 spiro atoms. The molecule has 1 aliphatic heterocycles. The van der Waals surface area contributed by atoms with E-state index in [0.29, 0.717) is 33.1 Å². The van der Waals surface area contributed by atoms with Crippen molar-refractivity contribution in [1.29, 1.82) is 0 Å². The molecule has 0 saturated carbocycles. The number of carbonyl (C=O) groups is 2. The number of benzene rings is 2. The molecule has 1 N–H and O–H groups in total. The van der Waals surface area contributed by atoms with E-state index in [2.05, 4.69) is 5.32 Å². The minimum Gasteiger partial charge on any atom is -0.490 e. The van der Waals surface area contributed by atoms with E-state index >= 15 is 0 Å². The highest BCUT2D eigenvalue weighted by Crippen LogP contribution is 2.33. The lowest BCUT2D eigenvalue weighted by Crippen LogP contribution is -2.17. The second kappa shape index (κ2) is 8.69. The highest BCUT2D eigenvalue weighted by molar-refractivity contribution is 8.18. The Kier molecular flexibility index (Phi) is 6.31. The Hall–Kier alpha value is -2.15. The number of thioether (sulfide) groups is 1. The number of halogens is 2. The summed E-state index contributed by atoms with van der Waals surface area (Å²) in [5.74, 6) is 0.678. The van der Waals surface area contributed by atoms with Gasteiger partial charge in [0.05, 0.1) is 11.5 Å². The summed E-state index contributed by atoms with van der Waals surface area (Å²) >= 11 is 12.9. The lowest BCUT2D eigenvalue weighted by Gasteiger charge is -2.13. The molecule has 0 bridgehead atoms. The molecule has 0 aliphatic carbocycles. The van der Waals surface area contributed by atoms with E-state index in [9.17, 15) is 9.59 Å². The largest absolute Gasteiger partial charge is 0.490 e. The van der Waals surface area contributed by atoms with E-state index in [-0.39, 0.29) is 11.8 Å². The smallest absolute Gasteiger partial charge is 0.290 e. The summed E-state index contributed by atoms with van der Waals surface area (Å²) in [5, 5.41) is 2.93. The predicted molar refractivity (Wildman–Crippen MR) is 108 cm³/mol. The lowest BCUT2D eigenvalue weighted by atomic mass is 10.2. The zero-order valence-corrected chi connectivity index (χ0v) is 16.6. The summed E-state index contributed by atoms with van der Waals surface area (Å²) in [6, 6.07) is 10.5. The molecule has 2 amide bonds. The minimum absolute atomic E-state index is 0.253. The fraction of sp³-hybridized carbons (Fsp3) is 0.158. The number of hydrogen-bond donors (Lipinski definition) is 1. The molecule has 0 radical (unpaired) electrons. The topological polar surface area (TPSA) is 64.6 Å². The third kappa shape index (κ3) is 4.97. The zero-order valence-electron chi connectivity index (χ0n) is 14.3. The molecule has 1 fully saturated rings. The van der Waals surface area contributed by atoms with Gasteiger partial charge < -0.3 is 9.47 Å². The van der Waals surface area contributed by atoms with E-state index in [1.807, 2.05) is 6.92 Å². The van der Waals surface area contributed by atoms with Crippen LogP contribution in [0.15, 0.2) is 41.3 Å². The second-order valence-electron chi connectivity index (χ2n) is 5.52. The van der Waals surface area contributed by atoms with Crippen molar-refractivity contribution in [3.63, 3.8) is 0 Å². The van der Waals surface area contributed by atoms with Crippen molar-refractivity contribution in [1.82, 2.24) is 5.32 Å². The van der Waals surface area contributed by atoms with Crippen molar-refractivity contribution in [2.75, 3.05) is 6.61 Å². The number of ether oxygens (including phenoxy) is 2. The molecule has 5 nitrogen and oxygen atoms in total. The second-order valence-corrected chi connectivity index (χ2v) is 7.37. The molecule has 140 valence electrons. The molecule has 0 atom stereocenters. The molecular weight excluding hydrogens is 409 g/mol. The first-order chi connectivity index (χ1) is 13.0. The molecule has 8 heteroatoms. The van der Waals surface area contributed by atoms with Crippen molar-refractivity contribution in [3.8, 4) is 11.5 Å². The van der Waals surface area contributed by atoms with Crippen molar-refractivity contribution >= 4 is 52.2 Å². The first-order valence-electron chi connectivity index (χ1n) is 8.04. The number of hydrogen-bond acceptors (Lipinski definition) is 5. The normalized spacial score (nSPS) is 15.1. The van der Waals surface area contributed by atoms with Gasteiger partial charge in [-0.15, -0.1) is 0 Å². The van der Waals surface area contributed by atoms with Gasteiger partial charge in [0.1, 0.15) is 6.61 Å². The van der Waals surface area contributed by atoms with Crippen LogP contribution in [-0.4, -0.2) is 17.8 Å². The van der Waals surface area contributed by atoms with Crippen molar-refractivity contribution < 1.29 is 19.1 Å². The van der Waals surface area contributed by atoms with Crippen LogP contribution in [0.3, 0.4) is 0 Å². The van der Waals surface area contributed by atoms with Crippen LogP contribution in [0.5, 0.6) is 11.5 Å². The SMILES string of the molecule is CCOc1cc(/C=C2/SC(=O)NC2=O)ccc1OCc1ccc(Cl)cc1Cl. The third-order valence-corrected chi connectivity index (χ3v) is 5.00. The van der Waals surface area contributed by atoms with Crippen LogP contribution in [0, 0.1) is 0 Å². The Balaban J connectivity index is 1.80. The predicted octanol–water partition coefficient (Wildman–Crippen LogP) is 5.30. The molecule has 1 aliphatic rings. The van der Waals surface area contributed by atoms with Crippen molar-refractivity contribution in [2.45, 2.75) is 13.5 Å². The highest BCUT2D eigenvalue weighted by Gasteiger charge is 2.25. The fourth-order valence-electron chi connectivity index (χ4n) is 2.37. The Bertz CT molecular complexity index is 930. The standard InChI is InChI=1S/C19H15Cl2NO4S/c1-2-25-16-7-11(8-17-18(23)22-19(24)27-17)3-6-15(16)26-10-12-4-5-13(20)9-14(12)21/h3-9H,2,10H2,1H3,(H,22,23,24)/b17-8+. The summed E-state index contributed by atoms with van der Waals surface area (Å²) in [4.78, 5) is 23.3. The lowest BCUT2D eigenvalue weighted by molar-refractivity contribution is -0.115. The Morgan fingerprint density at radius 2 is 1.89 bits per heavy atom. The first-order valence-corrected chi connectivity index (χ1v) is 9.62. The van der Waals surface area contributed by atoms with Crippen LogP contribution in [0.25, 0.3) is 6.08 Å². The molecule has 0 unspecified atom stereocenters. The summed E-state index contributed by atoms with van der Waals surface area (Å²) in [6.45, 7) is 2.57. The fourth-order valence-corrected chi connectivity index (χ4v) is 3.51. The van der Waals surface area contributed by atoms with Crippen molar-refractivity contribution in [2.24, 2.45) is 0 Å². The van der Waals surface area contributed by atoms with Crippen molar-refractivity contribution in [3.05, 3.63) is 62.5 Å². The third-order valence-electron chi connectivity index (χ3n) is 3.61. The number of amides is 2. The molecule has 0 aromatic heterocycles. The van der Waals surface area contributed by atoms with Gasteiger partial charge in [0.25, 0.3) is 11.1 Å². The zero-order chi connectivity index (χ0) is 19.4. The average molecular weight is 424 g/mol. The van der Waals surface area contributed by atoms with Gasteiger partial charge in [-0.25, -0.2) is 0 Å². The highest BCUT2D eigenvalue weighted by atomic mass is 35.5. The van der Waals surface area contributed by atoms with Crippen LogP contribution >= 0.6 is 35.0 Å². The number of nitrogens with one attached hydrogen (secondary N) is 1. The summed E-state index contributed by atoms with van der Waals surface area (Å²) in [6.07, 6.45) is 1.63. The van der Waals surface area contributed by atoms with Crippen LogP contribution < -0.4 is 14.8 Å². The van der Waals surface area contributed by atoms with Gasteiger partial charge in [-0.3, -0.25) is 14.9 Å². The summed E-state index contributed by atoms with van der Waals surface area (Å²) in [7, 11) is 0. The van der Waals surface area contributed by atoms with Crippen LogP contribution in [0.1, 0.15) is 18.1 Å². The van der Waals surface area contributed by atoms with E-state index < -0.39 is 5.91 Å². The number of rotatable bonds is 6. The van der Waals surface area contributed by atoms with Crippen LogP contribution in [0.2, 0.25) is 10.0 Å². The van der Waals surface area contributed by atoms with E-state index in [1.165, 1.54) is 0 Å². The van der Waals surface area contributed by atoms with Gasteiger partial charge in [0, 0.05) is 15.6 Å². The van der Waals surface area contributed by atoms with Gasteiger partial charge >= 0.3 is 0 Å². The van der Waals surface area contributed by atoms with Gasteiger partial charge in [-0.05, 0) is 54.6 Å². The summed E-state index contributed by atoms with van der Waals surface area (Å²) < 4.78 is 11.5. The van der Waals surface area contributed by atoms with Crippen LogP contribution in [0.4, 0.5) is 4.79 Å². The maximum Gasteiger partial charge on any atom is 0.290 e. The monoisotopic (exact) mass is 423 g/mol. The molecule has 3 rings (SSSR count). The Morgan fingerprint density at radius 3 is 2.56 bits per heavy atom. The maximum atomic E-state index is 11.7.